The summed E-state index contributed by atoms with van der Waals surface area (Å²) >= 11 is 0. The summed E-state index contributed by atoms with van der Waals surface area (Å²) in [4.78, 5) is 16.0. The lowest BCUT2D eigenvalue weighted by Gasteiger charge is -2.34. The Morgan fingerprint density at radius 3 is 2.59 bits per heavy atom. The third kappa shape index (κ3) is 5.54. The van der Waals surface area contributed by atoms with Gasteiger partial charge in [-0.3, -0.25) is 4.90 Å². The summed E-state index contributed by atoms with van der Waals surface area (Å²) < 4.78 is 5.58. The van der Waals surface area contributed by atoms with E-state index in [9.17, 15) is 4.79 Å². The van der Waals surface area contributed by atoms with E-state index in [0.29, 0.717) is 32.8 Å². The number of β-amino-alcohol motifs (C(OH)–C–C–N with tert-alkyl or cyclic N) is 1. The summed E-state index contributed by atoms with van der Waals surface area (Å²) in [6, 6.07) is 9.66. The van der Waals surface area contributed by atoms with Crippen LogP contribution in [0.3, 0.4) is 0 Å². The fourth-order valence-electron chi connectivity index (χ4n) is 2.40. The maximum absolute atomic E-state index is 12.0. The molecule has 6 heteroatoms. The van der Waals surface area contributed by atoms with E-state index in [0.717, 1.165) is 25.3 Å². The Morgan fingerprint density at radius 2 is 1.91 bits per heavy atom. The number of urea groups is 1. The number of nitrogens with one attached hydrogen (secondary N) is 1. The van der Waals surface area contributed by atoms with Crippen LogP contribution in [0.5, 0.6) is 5.75 Å². The van der Waals surface area contributed by atoms with Crippen molar-refractivity contribution in [2.75, 3.05) is 52.5 Å². The lowest BCUT2D eigenvalue weighted by atomic mass is 10.3. The topological polar surface area (TPSA) is 65.0 Å². The van der Waals surface area contributed by atoms with Crippen LogP contribution in [-0.2, 0) is 0 Å². The van der Waals surface area contributed by atoms with Crippen LogP contribution in [0.15, 0.2) is 30.3 Å². The Bertz CT molecular complexity index is 434. The van der Waals surface area contributed by atoms with Crippen molar-refractivity contribution >= 4 is 6.03 Å². The minimum absolute atomic E-state index is 0.0108. The molecular weight excluding hydrogens is 282 g/mol. The van der Waals surface area contributed by atoms with Crippen molar-refractivity contribution in [3.8, 4) is 5.75 Å². The first-order chi connectivity index (χ1) is 10.8. The van der Waals surface area contributed by atoms with E-state index in [4.69, 9.17) is 9.84 Å². The van der Waals surface area contributed by atoms with Gasteiger partial charge in [-0.25, -0.2) is 4.79 Å². The zero-order chi connectivity index (χ0) is 15.6. The summed E-state index contributed by atoms with van der Waals surface area (Å²) in [5.41, 5.74) is 0. The van der Waals surface area contributed by atoms with Gasteiger partial charge in [0.2, 0.25) is 0 Å². The van der Waals surface area contributed by atoms with E-state index in [2.05, 4.69) is 10.2 Å². The molecule has 1 aromatic carbocycles. The number of hydrogen-bond acceptors (Lipinski definition) is 4. The minimum Gasteiger partial charge on any atom is -0.494 e. The highest BCUT2D eigenvalue weighted by Gasteiger charge is 2.19. The molecule has 2 N–H and O–H groups in total. The fourth-order valence-corrected chi connectivity index (χ4v) is 2.40. The highest BCUT2D eigenvalue weighted by Crippen LogP contribution is 2.08. The largest absolute Gasteiger partial charge is 0.494 e. The number of rotatable bonds is 7. The van der Waals surface area contributed by atoms with Gasteiger partial charge in [-0.1, -0.05) is 18.2 Å². The fraction of sp³-hybridized carbons (Fsp3) is 0.562. The molecule has 122 valence electrons. The van der Waals surface area contributed by atoms with Gasteiger partial charge in [0, 0.05) is 39.3 Å². The smallest absolute Gasteiger partial charge is 0.317 e. The maximum atomic E-state index is 12.0. The molecule has 2 amide bonds. The predicted octanol–water partition coefficient (Wildman–Crippen LogP) is 0.775. The summed E-state index contributed by atoms with van der Waals surface area (Å²) in [7, 11) is 0. The van der Waals surface area contributed by atoms with Crippen molar-refractivity contribution < 1.29 is 14.6 Å². The number of carbonyl (C=O) groups excluding carboxylic acids is 1. The van der Waals surface area contributed by atoms with Crippen LogP contribution in [0.1, 0.15) is 6.42 Å². The summed E-state index contributed by atoms with van der Waals surface area (Å²) in [5.74, 6) is 0.855. The van der Waals surface area contributed by atoms with Gasteiger partial charge in [0.25, 0.3) is 0 Å². The number of amides is 2. The van der Waals surface area contributed by atoms with Crippen LogP contribution in [0, 0.1) is 0 Å². The highest BCUT2D eigenvalue weighted by atomic mass is 16.5. The molecule has 1 aliphatic heterocycles. The van der Waals surface area contributed by atoms with Gasteiger partial charge >= 0.3 is 6.03 Å². The molecule has 0 bridgehead atoms. The Labute approximate surface area is 131 Å². The Kier molecular flexibility index (Phi) is 6.99. The number of benzene rings is 1. The first-order valence-corrected chi connectivity index (χ1v) is 7.83. The Morgan fingerprint density at radius 1 is 1.18 bits per heavy atom. The first-order valence-electron chi connectivity index (χ1n) is 7.83. The molecule has 0 unspecified atom stereocenters. The minimum atomic E-state index is -0.0108. The molecule has 1 saturated heterocycles. The van der Waals surface area contributed by atoms with E-state index in [1.165, 1.54) is 0 Å². The third-order valence-corrected chi connectivity index (χ3v) is 3.69. The number of ether oxygens (including phenoxy) is 1. The molecule has 6 nitrogen and oxygen atoms in total. The second kappa shape index (κ2) is 9.27. The maximum Gasteiger partial charge on any atom is 0.317 e. The molecule has 0 atom stereocenters. The third-order valence-electron chi connectivity index (χ3n) is 3.69. The molecular formula is C16H25N3O3. The second-order valence-electron chi connectivity index (χ2n) is 5.30. The molecule has 0 aromatic heterocycles. The van der Waals surface area contributed by atoms with Gasteiger partial charge in [0.15, 0.2) is 0 Å². The number of aliphatic hydroxyl groups excluding tert-OH is 1. The van der Waals surface area contributed by atoms with Gasteiger partial charge in [0.1, 0.15) is 5.75 Å². The van der Waals surface area contributed by atoms with Crippen molar-refractivity contribution in [2.24, 2.45) is 0 Å². The Balaban J connectivity index is 1.54. The van der Waals surface area contributed by atoms with Crippen molar-refractivity contribution in [1.82, 2.24) is 15.1 Å². The molecule has 1 aromatic rings. The number of piperazine rings is 1. The van der Waals surface area contributed by atoms with Crippen LogP contribution < -0.4 is 10.1 Å². The van der Waals surface area contributed by atoms with E-state index < -0.39 is 0 Å². The average Bonchev–Trinajstić information content (AvgIpc) is 2.56. The van der Waals surface area contributed by atoms with Crippen LogP contribution >= 0.6 is 0 Å². The first kappa shape index (κ1) is 16.6. The van der Waals surface area contributed by atoms with Gasteiger partial charge in [-0.15, -0.1) is 0 Å². The number of aliphatic hydroxyl groups is 1. The number of carbonyl (C=O) groups is 1. The zero-order valence-corrected chi connectivity index (χ0v) is 12.9. The van der Waals surface area contributed by atoms with Crippen molar-refractivity contribution in [1.29, 1.82) is 0 Å². The van der Waals surface area contributed by atoms with Crippen LogP contribution in [0.25, 0.3) is 0 Å². The number of nitrogens with zero attached hydrogens (tertiary/aromatic N) is 2. The van der Waals surface area contributed by atoms with Gasteiger partial charge in [-0.2, -0.15) is 0 Å². The monoisotopic (exact) mass is 307 g/mol. The summed E-state index contributed by atoms with van der Waals surface area (Å²) in [6.07, 6.45) is 0.783. The molecule has 2 rings (SSSR count). The van der Waals surface area contributed by atoms with E-state index in [1.54, 1.807) is 0 Å². The SMILES string of the molecule is O=C(NCCCOc1ccccc1)N1CCN(CCO)CC1. The molecule has 0 radical (unpaired) electrons. The molecule has 1 heterocycles. The van der Waals surface area contributed by atoms with Crippen LogP contribution in [0.2, 0.25) is 0 Å². The zero-order valence-electron chi connectivity index (χ0n) is 12.9. The van der Waals surface area contributed by atoms with Crippen LogP contribution in [0.4, 0.5) is 4.79 Å². The molecule has 0 spiro atoms. The number of hydrogen-bond donors (Lipinski definition) is 2. The van der Waals surface area contributed by atoms with Crippen molar-refractivity contribution in [3.05, 3.63) is 30.3 Å². The van der Waals surface area contributed by atoms with E-state index >= 15 is 0 Å². The highest BCUT2D eigenvalue weighted by molar-refractivity contribution is 5.74. The number of para-hydroxylation sites is 1. The van der Waals surface area contributed by atoms with Crippen molar-refractivity contribution in [3.63, 3.8) is 0 Å². The lowest BCUT2D eigenvalue weighted by Crippen LogP contribution is -2.52. The average molecular weight is 307 g/mol. The van der Waals surface area contributed by atoms with Gasteiger partial charge in [-0.05, 0) is 18.6 Å². The normalized spacial score (nSPS) is 15.6. The molecule has 22 heavy (non-hydrogen) atoms. The quantitative estimate of drug-likeness (QED) is 0.731. The summed E-state index contributed by atoms with van der Waals surface area (Å²) in [5, 5.41) is 11.8. The standard InChI is InChI=1S/C16H25N3O3/c20-13-12-18-8-10-19(11-9-18)16(21)17-7-4-14-22-15-5-2-1-3-6-15/h1-3,5-6,20H,4,7-14H2,(H,17,21). The van der Waals surface area contributed by atoms with E-state index in [1.807, 2.05) is 35.2 Å². The van der Waals surface area contributed by atoms with Gasteiger partial charge in [0.05, 0.1) is 13.2 Å². The predicted molar refractivity (Wildman–Crippen MR) is 85.1 cm³/mol. The van der Waals surface area contributed by atoms with Crippen LogP contribution in [-0.4, -0.2) is 73.4 Å². The summed E-state index contributed by atoms with van der Waals surface area (Å²) in [6.45, 7) is 5.14. The van der Waals surface area contributed by atoms with E-state index in [-0.39, 0.29) is 12.6 Å². The molecule has 1 fully saturated rings. The molecule has 1 aliphatic rings. The second-order valence-corrected chi connectivity index (χ2v) is 5.30. The molecule has 0 aliphatic carbocycles. The van der Waals surface area contributed by atoms with Gasteiger partial charge < -0.3 is 20.1 Å². The van der Waals surface area contributed by atoms with Crippen molar-refractivity contribution in [2.45, 2.75) is 6.42 Å². The lowest BCUT2D eigenvalue weighted by molar-refractivity contribution is 0.122. The Hall–Kier alpha value is -1.79. The molecule has 0 saturated carbocycles.